The summed E-state index contributed by atoms with van der Waals surface area (Å²) in [7, 11) is 0. The van der Waals surface area contributed by atoms with Crippen LogP contribution >= 0.6 is 0 Å². The molecule has 0 bridgehead atoms. The molecule has 1 aliphatic rings. The molecule has 0 aromatic heterocycles. The van der Waals surface area contributed by atoms with Gasteiger partial charge in [-0.25, -0.2) is 0 Å². The number of benzene rings is 2. The Morgan fingerprint density at radius 3 is 2.08 bits per heavy atom. The maximum atomic E-state index is 10.6. The van der Waals surface area contributed by atoms with E-state index < -0.39 is 6.10 Å². The van der Waals surface area contributed by atoms with Crippen molar-refractivity contribution >= 4 is 0 Å². The fourth-order valence-electron chi connectivity index (χ4n) is 3.95. The first-order valence-corrected chi connectivity index (χ1v) is 9.45. The Hall–Kier alpha value is -1.68. The van der Waals surface area contributed by atoms with E-state index in [9.17, 15) is 5.11 Å². The van der Waals surface area contributed by atoms with Gasteiger partial charge in [0.15, 0.2) is 0 Å². The highest BCUT2D eigenvalue weighted by atomic mass is 16.5. The summed E-state index contributed by atoms with van der Waals surface area (Å²) in [5.74, 6) is 0. The molecule has 2 aromatic rings. The van der Waals surface area contributed by atoms with E-state index in [0.717, 1.165) is 36.2 Å². The molecule has 25 heavy (non-hydrogen) atoms. The zero-order valence-electron chi connectivity index (χ0n) is 15.0. The second-order valence-corrected chi connectivity index (χ2v) is 7.33. The minimum absolute atomic E-state index is 0.406. The van der Waals surface area contributed by atoms with Gasteiger partial charge >= 0.3 is 0 Å². The van der Waals surface area contributed by atoms with E-state index in [1.54, 1.807) is 0 Å². The maximum Gasteiger partial charge on any atom is 0.126 e. The number of likely N-dealkylation sites (tertiary alicyclic amines) is 1. The molecule has 1 atom stereocenters. The van der Waals surface area contributed by atoms with Crippen molar-refractivity contribution in [3.8, 4) is 0 Å². The third-order valence-corrected chi connectivity index (χ3v) is 5.15. The van der Waals surface area contributed by atoms with Gasteiger partial charge in [-0.15, -0.1) is 0 Å². The minimum Gasteiger partial charge on any atom is -0.385 e. The summed E-state index contributed by atoms with van der Waals surface area (Å²) in [4.78, 5) is 0. The Morgan fingerprint density at radius 2 is 1.44 bits per heavy atom. The van der Waals surface area contributed by atoms with Gasteiger partial charge in [0, 0.05) is 5.56 Å². The predicted octanol–water partition coefficient (Wildman–Crippen LogP) is 3.77. The second kappa shape index (κ2) is 9.14. The zero-order valence-corrected chi connectivity index (χ0v) is 15.0. The summed E-state index contributed by atoms with van der Waals surface area (Å²) in [5.41, 5.74) is 2.52. The quantitative estimate of drug-likeness (QED) is 0.741. The zero-order chi connectivity index (χ0) is 17.4. The highest BCUT2D eigenvalue weighted by Crippen LogP contribution is 2.23. The van der Waals surface area contributed by atoms with E-state index in [1.165, 1.54) is 24.8 Å². The smallest absolute Gasteiger partial charge is 0.126 e. The summed E-state index contributed by atoms with van der Waals surface area (Å²) >= 11 is 0. The molecule has 0 radical (unpaired) electrons. The van der Waals surface area contributed by atoms with E-state index in [2.05, 4.69) is 42.5 Å². The molecule has 1 N–H and O–H groups in total. The Balaban J connectivity index is 1.54. The lowest BCUT2D eigenvalue weighted by atomic mass is 10.0. The van der Waals surface area contributed by atoms with Crippen molar-refractivity contribution in [1.82, 2.24) is 0 Å². The summed E-state index contributed by atoms with van der Waals surface area (Å²) in [6, 6.07) is 20.8. The minimum atomic E-state index is -0.412. The first kappa shape index (κ1) is 18.1. The summed E-state index contributed by atoms with van der Waals surface area (Å²) in [6.45, 7) is 5.08. The Kier molecular flexibility index (Phi) is 6.62. The van der Waals surface area contributed by atoms with Crippen LogP contribution in [0.4, 0.5) is 0 Å². The van der Waals surface area contributed by atoms with Crippen molar-refractivity contribution in [2.75, 3.05) is 26.2 Å². The van der Waals surface area contributed by atoms with Crippen molar-refractivity contribution < 1.29 is 14.3 Å². The van der Waals surface area contributed by atoms with Crippen LogP contribution in [-0.4, -0.2) is 41.9 Å². The molecule has 2 aromatic carbocycles. The number of aliphatic hydroxyl groups excluding tert-OH is 1. The number of hydrogen-bond donors (Lipinski definition) is 1. The molecule has 0 saturated carbocycles. The fraction of sp³-hybridized carbons (Fsp3) is 0.455. The Labute approximate surface area is 151 Å². The van der Waals surface area contributed by atoms with Gasteiger partial charge in [0.05, 0.1) is 26.3 Å². The highest BCUT2D eigenvalue weighted by molar-refractivity contribution is 5.14. The molecular formula is C22H30NO2+. The predicted molar refractivity (Wildman–Crippen MR) is 101 cm³/mol. The average Bonchev–Trinajstić information content (AvgIpc) is 2.64. The molecule has 0 aliphatic carbocycles. The van der Waals surface area contributed by atoms with E-state index in [4.69, 9.17) is 4.74 Å². The lowest BCUT2D eigenvalue weighted by Gasteiger charge is -2.42. The summed E-state index contributed by atoms with van der Waals surface area (Å²) < 4.78 is 6.74. The Morgan fingerprint density at radius 1 is 0.840 bits per heavy atom. The molecule has 0 spiro atoms. The molecule has 1 aliphatic heterocycles. The van der Waals surface area contributed by atoms with Gasteiger partial charge in [0.2, 0.25) is 0 Å². The van der Waals surface area contributed by atoms with Gasteiger partial charge in [0.1, 0.15) is 19.2 Å². The van der Waals surface area contributed by atoms with Gasteiger partial charge in [-0.2, -0.15) is 0 Å². The van der Waals surface area contributed by atoms with E-state index >= 15 is 0 Å². The van der Waals surface area contributed by atoms with Gasteiger partial charge in [0.25, 0.3) is 0 Å². The number of quaternary nitrogens is 1. The standard InChI is InChI=1S/C22H30NO2/c24-22(19-25-18-21-12-6-2-7-13-21)17-23(14-8-3-9-15-23)16-20-10-4-1-5-11-20/h1-2,4-7,10-13,22,24H,3,8-9,14-19H2/q+1/t22-/m0/s1. The van der Waals surface area contributed by atoms with Gasteiger partial charge in [-0.05, 0) is 24.8 Å². The van der Waals surface area contributed by atoms with Crippen LogP contribution in [-0.2, 0) is 17.9 Å². The van der Waals surface area contributed by atoms with Crippen LogP contribution < -0.4 is 0 Å². The fourth-order valence-corrected chi connectivity index (χ4v) is 3.95. The van der Waals surface area contributed by atoms with Crippen molar-refractivity contribution in [2.24, 2.45) is 0 Å². The van der Waals surface area contributed by atoms with Crippen LogP contribution in [0.5, 0.6) is 0 Å². The normalized spacial score (nSPS) is 18.0. The number of piperidine rings is 1. The molecule has 1 saturated heterocycles. The largest absolute Gasteiger partial charge is 0.385 e. The topological polar surface area (TPSA) is 29.5 Å². The van der Waals surface area contributed by atoms with Gasteiger partial charge in [-0.3, -0.25) is 0 Å². The molecule has 3 nitrogen and oxygen atoms in total. The molecular weight excluding hydrogens is 310 g/mol. The summed E-state index contributed by atoms with van der Waals surface area (Å²) in [6.07, 6.45) is 3.41. The van der Waals surface area contributed by atoms with Crippen LogP contribution in [0.2, 0.25) is 0 Å². The monoisotopic (exact) mass is 340 g/mol. The lowest BCUT2D eigenvalue weighted by molar-refractivity contribution is -0.947. The average molecular weight is 340 g/mol. The maximum absolute atomic E-state index is 10.6. The van der Waals surface area contributed by atoms with Crippen molar-refractivity contribution in [1.29, 1.82) is 0 Å². The van der Waals surface area contributed by atoms with Gasteiger partial charge < -0.3 is 14.3 Å². The van der Waals surface area contributed by atoms with Crippen molar-refractivity contribution in [3.63, 3.8) is 0 Å². The van der Waals surface area contributed by atoms with Crippen LogP contribution in [0, 0.1) is 0 Å². The number of nitrogens with zero attached hydrogens (tertiary/aromatic N) is 1. The first-order valence-electron chi connectivity index (χ1n) is 9.45. The van der Waals surface area contributed by atoms with Gasteiger partial charge in [-0.1, -0.05) is 60.7 Å². The van der Waals surface area contributed by atoms with E-state index in [-0.39, 0.29) is 0 Å². The lowest BCUT2D eigenvalue weighted by Crippen LogP contribution is -2.55. The van der Waals surface area contributed by atoms with Crippen LogP contribution in [0.25, 0.3) is 0 Å². The number of hydrogen-bond acceptors (Lipinski definition) is 2. The molecule has 0 amide bonds. The van der Waals surface area contributed by atoms with Crippen LogP contribution in [0.3, 0.4) is 0 Å². The molecule has 1 heterocycles. The summed E-state index contributed by atoms with van der Waals surface area (Å²) in [5, 5.41) is 10.6. The third kappa shape index (κ3) is 5.67. The molecule has 134 valence electrons. The van der Waals surface area contributed by atoms with Crippen LogP contribution in [0.15, 0.2) is 60.7 Å². The Bertz CT molecular complexity index is 608. The second-order valence-electron chi connectivity index (χ2n) is 7.33. The molecule has 3 rings (SSSR count). The third-order valence-electron chi connectivity index (χ3n) is 5.15. The SMILES string of the molecule is O[C@H](COCc1ccccc1)C[N+]1(Cc2ccccc2)CCCCC1. The number of rotatable bonds is 8. The van der Waals surface area contributed by atoms with E-state index in [1.807, 2.05) is 18.2 Å². The first-order chi connectivity index (χ1) is 12.3. The number of aliphatic hydroxyl groups is 1. The van der Waals surface area contributed by atoms with Crippen molar-refractivity contribution in [3.05, 3.63) is 71.8 Å². The molecule has 1 fully saturated rings. The van der Waals surface area contributed by atoms with Crippen molar-refractivity contribution in [2.45, 2.75) is 38.5 Å². The van der Waals surface area contributed by atoms with Crippen LogP contribution in [0.1, 0.15) is 30.4 Å². The molecule has 3 heteroatoms. The molecule has 0 unspecified atom stereocenters. The number of ether oxygens (including phenoxy) is 1. The highest BCUT2D eigenvalue weighted by Gasteiger charge is 2.32. The van der Waals surface area contributed by atoms with E-state index in [0.29, 0.717) is 13.2 Å².